The van der Waals surface area contributed by atoms with Crippen LogP contribution in [0.5, 0.6) is 5.75 Å². The van der Waals surface area contributed by atoms with Crippen LogP contribution >= 0.6 is 11.8 Å². The van der Waals surface area contributed by atoms with Gasteiger partial charge in [0, 0.05) is 25.3 Å². The van der Waals surface area contributed by atoms with E-state index in [1.165, 1.54) is 11.8 Å². The fourth-order valence-corrected chi connectivity index (χ4v) is 5.51. The number of thioether (sulfide) groups is 1. The van der Waals surface area contributed by atoms with Crippen LogP contribution in [0.2, 0.25) is 0 Å². The second-order valence-electron chi connectivity index (χ2n) is 8.72. The van der Waals surface area contributed by atoms with Crippen LogP contribution in [0.3, 0.4) is 0 Å². The van der Waals surface area contributed by atoms with Crippen LogP contribution in [-0.2, 0) is 19.1 Å². The van der Waals surface area contributed by atoms with E-state index in [2.05, 4.69) is 15.2 Å². The summed E-state index contributed by atoms with van der Waals surface area (Å²) < 4.78 is 16.2. The number of aliphatic imine (C=N–C) groups is 1. The largest absolute Gasteiger partial charge is 0.497 e. The van der Waals surface area contributed by atoms with E-state index < -0.39 is 12.0 Å². The Bertz CT molecular complexity index is 1060. The zero-order chi connectivity index (χ0) is 25.5. The molecule has 36 heavy (non-hydrogen) atoms. The molecule has 0 radical (unpaired) electrons. The smallest absolute Gasteiger partial charge is 0.338 e. The van der Waals surface area contributed by atoms with Crippen molar-refractivity contribution in [1.29, 1.82) is 0 Å². The van der Waals surface area contributed by atoms with Crippen molar-refractivity contribution in [2.75, 3.05) is 53.1 Å². The van der Waals surface area contributed by atoms with Crippen molar-refractivity contribution in [3.05, 3.63) is 52.2 Å². The van der Waals surface area contributed by atoms with Gasteiger partial charge < -0.3 is 24.4 Å². The van der Waals surface area contributed by atoms with Crippen molar-refractivity contribution in [2.45, 2.75) is 32.7 Å². The lowest BCUT2D eigenvalue weighted by molar-refractivity contribution is -0.139. The number of amidine groups is 1. The average molecular weight is 515 g/mol. The van der Waals surface area contributed by atoms with Crippen LogP contribution in [0.25, 0.3) is 0 Å². The van der Waals surface area contributed by atoms with Gasteiger partial charge in [-0.15, -0.1) is 0 Å². The Morgan fingerprint density at radius 3 is 2.83 bits per heavy atom. The van der Waals surface area contributed by atoms with Gasteiger partial charge in [-0.1, -0.05) is 23.9 Å². The van der Waals surface area contributed by atoms with E-state index >= 15 is 0 Å². The Morgan fingerprint density at radius 1 is 1.28 bits per heavy atom. The first-order chi connectivity index (χ1) is 17.5. The van der Waals surface area contributed by atoms with Crippen molar-refractivity contribution in [3.8, 4) is 5.75 Å². The Hall–Kier alpha value is -2.82. The van der Waals surface area contributed by atoms with Crippen molar-refractivity contribution in [2.24, 2.45) is 4.99 Å². The quantitative estimate of drug-likeness (QED) is 0.376. The first-order valence-corrected chi connectivity index (χ1v) is 13.2. The second-order valence-corrected chi connectivity index (χ2v) is 9.56. The summed E-state index contributed by atoms with van der Waals surface area (Å²) in [5.74, 6) is 0.223. The summed E-state index contributed by atoms with van der Waals surface area (Å²) in [5, 5.41) is 5.73. The van der Waals surface area contributed by atoms with E-state index in [1.54, 1.807) is 14.0 Å². The van der Waals surface area contributed by atoms with Crippen LogP contribution in [0.15, 0.2) is 51.6 Å². The summed E-state index contributed by atoms with van der Waals surface area (Å²) in [6, 6.07) is 7.15. The van der Waals surface area contributed by atoms with Crippen LogP contribution in [-0.4, -0.2) is 80.0 Å². The lowest BCUT2D eigenvalue weighted by Crippen LogP contribution is -2.39. The molecule has 9 nitrogen and oxygen atoms in total. The van der Waals surface area contributed by atoms with E-state index in [-0.39, 0.29) is 18.9 Å². The lowest BCUT2D eigenvalue weighted by Gasteiger charge is -2.36. The molecule has 0 aromatic heterocycles. The van der Waals surface area contributed by atoms with Gasteiger partial charge >= 0.3 is 5.97 Å². The maximum absolute atomic E-state index is 13.0. The molecular formula is C26H34N4O5S. The number of carbonyl (C=O) groups excluding carboxylic acids is 2. The number of nitrogens with zero attached hydrogens (tertiary/aromatic N) is 3. The zero-order valence-electron chi connectivity index (χ0n) is 21.1. The minimum absolute atomic E-state index is 0.0570. The minimum atomic E-state index is -0.470. The Morgan fingerprint density at radius 2 is 2.08 bits per heavy atom. The van der Waals surface area contributed by atoms with Crippen LogP contribution in [0.4, 0.5) is 0 Å². The molecule has 10 heteroatoms. The number of amides is 1. The molecule has 0 bridgehead atoms. The van der Waals surface area contributed by atoms with E-state index in [0.29, 0.717) is 23.6 Å². The first-order valence-electron chi connectivity index (χ1n) is 12.3. The Labute approximate surface area is 216 Å². The minimum Gasteiger partial charge on any atom is -0.497 e. The zero-order valence-corrected chi connectivity index (χ0v) is 21.9. The van der Waals surface area contributed by atoms with Gasteiger partial charge in [0.05, 0.1) is 50.7 Å². The number of methoxy groups -OCH3 is 1. The summed E-state index contributed by atoms with van der Waals surface area (Å²) >= 11 is 1.46. The summed E-state index contributed by atoms with van der Waals surface area (Å²) in [7, 11) is 1.61. The molecule has 1 amide bonds. The van der Waals surface area contributed by atoms with Crippen molar-refractivity contribution in [3.63, 3.8) is 0 Å². The number of rotatable bonds is 10. The van der Waals surface area contributed by atoms with Gasteiger partial charge in [-0.25, -0.2) is 9.79 Å². The molecule has 0 saturated carbocycles. The van der Waals surface area contributed by atoms with Gasteiger partial charge in [-0.3, -0.25) is 9.69 Å². The molecule has 194 valence electrons. The van der Waals surface area contributed by atoms with Crippen LogP contribution in [0.1, 0.15) is 38.3 Å². The number of hydrogen-bond acceptors (Lipinski definition) is 9. The number of nitrogens with one attached hydrogen (secondary N) is 1. The fourth-order valence-electron chi connectivity index (χ4n) is 4.55. The third-order valence-electron chi connectivity index (χ3n) is 6.32. The molecule has 1 aromatic carbocycles. The third kappa shape index (κ3) is 6.11. The predicted molar refractivity (Wildman–Crippen MR) is 140 cm³/mol. The molecule has 1 atom stereocenters. The van der Waals surface area contributed by atoms with Gasteiger partial charge in [0.25, 0.3) is 0 Å². The first kappa shape index (κ1) is 26.2. The van der Waals surface area contributed by atoms with E-state index in [4.69, 9.17) is 14.2 Å². The molecule has 1 N–H and O–H groups in total. The van der Waals surface area contributed by atoms with Gasteiger partial charge in [-0.2, -0.15) is 0 Å². The number of fused-ring (bicyclic) bond motifs is 1. The maximum atomic E-state index is 13.0. The SMILES string of the molecule is CCOC(=O)C1=C(C)N=C2SC=C(CC(=O)NCCCN3CCOCC3)N2C1c1cccc(OC)c1. The molecule has 1 unspecified atom stereocenters. The predicted octanol–water partition coefficient (Wildman–Crippen LogP) is 3.06. The van der Waals surface area contributed by atoms with Crippen molar-refractivity contribution >= 4 is 28.8 Å². The standard InChI is InChI=1S/C26H34N4O5S/c1-4-35-25(32)23-18(2)28-26-30(24(23)19-7-5-8-21(15-19)33-3)20(17-36-26)16-22(31)27-9-6-10-29-11-13-34-14-12-29/h5,7-8,15,17,24H,4,6,9-14,16H2,1-3H3,(H,27,31). The highest BCUT2D eigenvalue weighted by Crippen LogP contribution is 2.45. The van der Waals surface area contributed by atoms with Gasteiger partial charge in [0.2, 0.25) is 5.91 Å². The molecule has 3 aliphatic heterocycles. The van der Waals surface area contributed by atoms with E-state index in [0.717, 1.165) is 55.7 Å². The highest BCUT2D eigenvalue weighted by atomic mass is 32.2. The van der Waals surface area contributed by atoms with Crippen LogP contribution in [0, 0.1) is 0 Å². The summed E-state index contributed by atoms with van der Waals surface area (Å²) in [5.41, 5.74) is 2.74. The lowest BCUT2D eigenvalue weighted by atomic mass is 9.93. The number of benzene rings is 1. The number of hydrogen-bond donors (Lipinski definition) is 1. The number of allylic oxidation sites excluding steroid dienone is 1. The number of morpholine rings is 1. The number of esters is 1. The van der Waals surface area contributed by atoms with Gasteiger partial charge in [0.1, 0.15) is 5.75 Å². The summed E-state index contributed by atoms with van der Waals surface area (Å²) in [6.07, 6.45) is 1.08. The number of ether oxygens (including phenoxy) is 3. The molecular weight excluding hydrogens is 480 g/mol. The molecule has 0 spiro atoms. The summed E-state index contributed by atoms with van der Waals surface area (Å²) in [4.78, 5) is 34.9. The highest BCUT2D eigenvalue weighted by molar-refractivity contribution is 8.16. The average Bonchev–Trinajstić information content (AvgIpc) is 3.28. The molecule has 3 heterocycles. The van der Waals surface area contributed by atoms with Crippen LogP contribution < -0.4 is 10.1 Å². The van der Waals surface area contributed by atoms with Gasteiger partial charge in [-0.05, 0) is 49.9 Å². The summed E-state index contributed by atoms with van der Waals surface area (Å²) in [6.45, 7) is 8.85. The van der Waals surface area contributed by atoms with E-state index in [1.807, 2.05) is 41.5 Å². The second kappa shape index (κ2) is 12.4. The fraction of sp³-hybridized carbons (Fsp3) is 0.500. The topological polar surface area (TPSA) is 92.7 Å². The monoisotopic (exact) mass is 514 g/mol. The maximum Gasteiger partial charge on any atom is 0.338 e. The molecule has 3 aliphatic rings. The number of carbonyl (C=O) groups is 2. The van der Waals surface area contributed by atoms with Crippen molar-refractivity contribution < 1.29 is 23.8 Å². The van der Waals surface area contributed by atoms with E-state index in [9.17, 15) is 9.59 Å². The highest BCUT2D eigenvalue weighted by Gasteiger charge is 2.41. The molecule has 0 aliphatic carbocycles. The van der Waals surface area contributed by atoms with Gasteiger partial charge in [0.15, 0.2) is 5.17 Å². The normalized spacial score (nSPS) is 20.0. The Kier molecular flexibility index (Phi) is 9.06. The molecule has 1 aromatic rings. The van der Waals surface area contributed by atoms with Crippen molar-refractivity contribution in [1.82, 2.24) is 15.1 Å². The molecule has 1 fully saturated rings. The third-order valence-corrected chi connectivity index (χ3v) is 7.21. The Balaban J connectivity index is 1.48. The molecule has 4 rings (SSSR count). The molecule has 1 saturated heterocycles.